The van der Waals surface area contributed by atoms with Gasteiger partial charge in [0.25, 0.3) is 5.91 Å². The Balaban J connectivity index is 1.29. The second kappa shape index (κ2) is 10.1. The van der Waals surface area contributed by atoms with E-state index >= 15 is 0 Å². The van der Waals surface area contributed by atoms with Gasteiger partial charge in [0.05, 0.1) is 24.3 Å². The molecule has 2 saturated heterocycles. The molecule has 0 saturated carbocycles. The Labute approximate surface area is 194 Å². The number of fused-ring (bicyclic) bond motifs is 1. The largest absolute Gasteiger partial charge is 0.379 e. The molecule has 2 aliphatic heterocycles. The van der Waals surface area contributed by atoms with E-state index in [0.717, 1.165) is 81.6 Å². The number of aromatic nitrogens is 2. The van der Waals surface area contributed by atoms with Crippen molar-refractivity contribution < 1.29 is 9.53 Å². The molecule has 0 radical (unpaired) electrons. The SMILES string of the molecule is O=C(NCCN1CCOCC1)c1cc(N2CCN(c3ccccn3)CC2)nc2ccccc12. The number of pyridine rings is 2. The number of benzene rings is 1. The molecule has 0 aliphatic carbocycles. The highest BCUT2D eigenvalue weighted by Crippen LogP contribution is 2.24. The van der Waals surface area contributed by atoms with Gasteiger partial charge in [-0.15, -0.1) is 0 Å². The van der Waals surface area contributed by atoms with Crippen molar-refractivity contribution in [3.63, 3.8) is 0 Å². The molecule has 0 unspecified atom stereocenters. The molecule has 1 aromatic carbocycles. The molecule has 172 valence electrons. The van der Waals surface area contributed by atoms with Crippen molar-refractivity contribution in [3.05, 3.63) is 60.3 Å². The highest BCUT2D eigenvalue weighted by Gasteiger charge is 2.21. The number of rotatable bonds is 6. The zero-order chi connectivity index (χ0) is 22.5. The molecular weight excluding hydrogens is 416 g/mol. The van der Waals surface area contributed by atoms with E-state index in [1.54, 1.807) is 0 Å². The van der Waals surface area contributed by atoms with E-state index in [-0.39, 0.29) is 5.91 Å². The monoisotopic (exact) mass is 446 g/mol. The van der Waals surface area contributed by atoms with Crippen LogP contribution in [0.3, 0.4) is 0 Å². The standard InChI is InChI=1S/C25H30N6O2/c32-25(27-9-10-29-15-17-33-18-16-29)21-19-24(28-22-6-2-1-5-20(21)22)31-13-11-30(12-14-31)23-7-3-4-8-26-23/h1-8,19H,9-18H2,(H,27,32). The van der Waals surface area contributed by atoms with Gasteiger partial charge in [0.1, 0.15) is 11.6 Å². The lowest BCUT2D eigenvalue weighted by atomic mass is 10.1. The number of piperazine rings is 1. The number of hydrogen-bond acceptors (Lipinski definition) is 7. The molecule has 0 spiro atoms. The van der Waals surface area contributed by atoms with Crippen molar-refractivity contribution in [2.45, 2.75) is 0 Å². The summed E-state index contributed by atoms with van der Waals surface area (Å²) in [5, 5.41) is 4.00. The third-order valence-electron chi connectivity index (χ3n) is 6.34. The number of hydrogen-bond donors (Lipinski definition) is 1. The third-order valence-corrected chi connectivity index (χ3v) is 6.34. The molecule has 2 fully saturated rings. The van der Waals surface area contributed by atoms with Gasteiger partial charge in [-0.05, 0) is 24.3 Å². The van der Waals surface area contributed by atoms with Crippen LogP contribution in [0.4, 0.5) is 11.6 Å². The van der Waals surface area contributed by atoms with Gasteiger partial charge in [0.15, 0.2) is 0 Å². The molecule has 0 bridgehead atoms. The quantitative estimate of drug-likeness (QED) is 0.621. The normalized spacial score (nSPS) is 17.3. The summed E-state index contributed by atoms with van der Waals surface area (Å²) in [6.45, 7) is 8.22. The summed E-state index contributed by atoms with van der Waals surface area (Å²) in [5.74, 6) is 1.81. The van der Waals surface area contributed by atoms with Gasteiger partial charge in [0, 0.05) is 63.9 Å². The Bertz CT molecular complexity index is 1080. The van der Waals surface area contributed by atoms with Gasteiger partial charge in [-0.1, -0.05) is 24.3 Å². The molecular formula is C25H30N6O2. The lowest BCUT2D eigenvalue weighted by Gasteiger charge is -2.36. The second-order valence-corrected chi connectivity index (χ2v) is 8.42. The highest BCUT2D eigenvalue weighted by atomic mass is 16.5. The van der Waals surface area contributed by atoms with Crippen molar-refractivity contribution in [2.24, 2.45) is 0 Å². The third kappa shape index (κ3) is 5.07. The first-order valence-corrected chi connectivity index (χ1v) is 11.7. The van der Waals surface area contributed by atoms with E-state index in [9.17, 15) is 4.79 Å². The first-order valence-electron chi connectivity index (χ1n) is 11.7. The lowest BCUT2D eigenvalue weighted by Crippen LogP contribution is -2.47. The molecule has 33 heavy (non-hydrogen) atoms. The summed E-state index contributed by atoms with van der Waals surface area (Å²) in [4.78, 5) is 29.4. The van der Waals surface area contributed by atoms with Crippen molar-refractivity contribution in [3.8, 4) is 0 Å². The molecule has 8 nitrogen and oxygen atoms in total. The summed E-state index contributed by atoms with van der Waals surface area (Å²) in [6.07, 6.45) is 1.83. The Kier molecular flexibility index (Phi) is 6.64. The number of carbonyl (C=O) groups is 1. The predicted octanol–water partition coefficient (Wildman–Crippen LogP) is 2.02. The van der Waals surface area contributed by atoms with Gasteiger partial charge >= 0.3 is 0 Å². The van der Waals surface area contributed by atoms with Gasteiger partial charge in [-0.25, -0.2) is 9.97 Å². The van der Waals surface area contributed by atoms with Crippen molar-refractivity contribution in [1.29, 1.82) is 0 Å². The molecule has 1 N–H and O–H groups in total. The molecule has 1 amide bonds. The van der Waals surface area contributed by atoms with Crippen LogP contribution >= 0.6 is 0 Å². The number of amides is 1. The maximum absolute atomic E-state index is 13.2. The molecule has 2 aromatic heterocycles. The van der Waals surface area contributed by atoms with Gasteiger partial charge in [0.2, 0.25) is 0 Å². The number of nitrogens with zero attached hydrogens (tertiary/aromatic N) is 5. The van der Waals surface area contributed by atoms with Gasteiger partial charge in [-0.3, -0.25) is 9.69 Å². The van der Waals surface area contributed by atoms with Crippen LogP contribution in [0.1, 0.15) is 10.4 Å². The van der Waals surface area contributed by atoms with Crippen molar-refractivity contribution >= 4 is 28.4 Å². The minimum absolute atomic E-state index is 0.0461. The zero-order valence-corrected chi connectivity index (χ0v) is 18.8. The van der Waals surface area contributed by atoms with E-state index in [2.05, 4.69) is 25.0 Å². The highest BCUT2D eigenvalue weighted by molar-refractivity contribution is 6.07. The maximum Gasteiger partial charge on any atom is 0.252 e. The van der Waals surface area contributed by atoms with E-state index in [0.29, 0.717) is 12.1 Å². The van der Waals surface area contributed by atoms with Crippen LogP contribution in [0.5, 0.6) is 0 Å². The van der Waals surface area contributed by atoms with E-state index in [4.69, 9.17) is 9.72 Å². The van der Waals surface area contributed by atoms with E-state index in [1.165, 1.54) is 0 Å². The smallest absolute Gasteiger partial charge is 0.252 e. The van der Waals surface area contributed by atoms with Gasteiger partial charge in [-0.2, -0.15) is 0 Å². The minimum Gasteiger partial charge on any atom is -0.379 e. The Morgan fingerprint density at radius 3 is 2.39 bits per heavy atom. The Hall–Kier alpha value is -3.23. The lowest BCUT2D eigenvalue weighted by molar-refractivity contribution is 0.0383. The average Bonchev–Trinajstić information content (AvgIpc) is 2.89. The number of nitrogens with one attached hydrogen (secondary N) is 1. The van der Waals surface area contributed by atoms with Crippen LogP contribution in [-0.4, -0.2) is 86.3 Å². The molecule has 4 heterocycles. The van der Waals surface area contributed by atoms with Crippen LogP contribution in [0.15, 0.2) is 54.7 Å². The topological polar surface area (TPSA) is 73.8 Å². The second-order valence-electron chi connectivity index (χ2n) is 8.42. The maximum atomic E-state index is 13.2. The number of ether oxygens (including phenoxy) is 1. The molecule has 5 rings (SSSR count). The average molecular weight is 447 g/mol. The van der Waals surface area contributed by atoms with Crippen LogP contribution in [0.2, 0.25) is 0 Å². The van der Waals surface area contributed by atoms with Crippen molar-refractivity contribution in [1.82, 2.24) is 20.2 Å². The number of anilines is 2. The predicted molar refractivity (Wildman–Crippen MR) is 130 cm³/mol. The van der Waals surface area contributed by atoms with Crippen molar-refractivity contribution in [2.75, 3.05) is 75.4 Å². The minimum atomic E-state index is -0.0461. The molecule has 3 aromatic rings. The summed E-state index contributed by atoms with van der Waals surface area (Å²) < 4.78 is 5.40. The van der Waals surface area contributed by atoms with Crippen LogP contribution in [-0.2, 0) is 4.74 Å². The van der Waals surface area contributed by atoms with Crippen LogP contribution in [0, 0.1) is 0 Å². The summed E-state index contributed by atoms with van der Waals surface area (Å²) in [5.41, 5.74) is 1.53. The van der Waals surface area contributed by atoms with E-state index in [1.807, 2.05) is 54.7 Å². The first kappa shape index (κ1) is 21.6. The Morgan fingerprint density at radius 2 is 1.64 bits per heavy atom. The fraction of sp³-hybridized carbons (Fsp3) is 0.400. The van der Waals surface area contributed by atoms with Crippen LogP contribution < -0.4 is 15.1 Å². The van der Waals surface area contributed by atoms with Gasteiger partial charge < -0.3 is 19.9 Å². The number of carbonyl (C=O) groups excluding carboxylic acids is 1. The number of para-hydroxylation sites is 1. The number of morpholine rings is 1. The molecule has 2 aliphatic rings. The molecule has 0 atom stereocenters. The zero-order valence-electron chi connectivity index (χ0n) is 18.8. The Morgan fingerprint density at radius 1 is 0.909 bits per heavy atom. The fourth-order valence-electron chi connectivity index (χ4n) is 4.46. The molecule has 8 heteroatoms. The van der Waals surface area contributed by atoms with Crippen LogP contribution in [0.25, 0.3) is 10.9 Å². The fourth-order valence-corrected chi connectivity index (χ4v) is 4.46. The van der Waals surface area contributed by atoms with E-state index < -0.39 is 0 Å². The summed E-state index contributed by atoms with van der Waals surface area (Å²) in [6, 6.07) is 15.8. The first-order chi connectivity index (χ1) is 16.3. The summed E-state index contributed by atoms with van der Waals surface area (Å²) >= 11 is 0. The summed E-state index contributed by atoms with van der Waals surface area (Å²) in [7, 11) is 0.